The summed E-state index contributed by atoms with van der Waals surface area (Å²) in [6, 6.07) is 48.3. The van der Waals surface area contributed by atoms with E-state index in [0.717, 1.165) is 83.6 Å². The van der Waals surface area contributed by atoms with Crippen molar-refractivity contribution in [1.82, 2.24) is 14.5 Å². The van der Waals surface area contributed by atoms with Gasteiger partial charge in [0.25, 0.3) is 0 Å². The van der Waals surface area contributed by atoms with E-state index < -0.39 is 0 Å². The van der Waals surface area contributed by atoms with Crippen molar-refractivity contribution in [3.63, 3.8) is 0 Å². The molecule has 4 heteroatoms. The largest absolute Gasteiger partial charge is 0.507 e. The van der Waals surface area contributed by atoms with Crippen LogP contribution in [0.15, 0.2) is 140 Å². The average Bonchev–Trinajstić information content (AvgIpc) is 3.61. The van der Waals surface area contributed by atoms with E-state index in [9.17, 15) is 5.11 Å². The van der Waals surface area contributed by atoms with E-state index in [2.05, 4.69) is 222 Å². The van der Waals surface area contributed by atoms with Gasteiger partial charge in [0.2, 0.25) is 0 Å². The molecular formula is C59H63N3O. The zero-order valence-electron chi connectivity index (χ0n) is 39.6. The molecule has 0 fully saturated rings. The van der Waals surface area contributed by atoms with Gasteiger partial charge in [-0.25, -0.2) is 4.98 Å². The summed E-state index contributed by atoms with van der Waals surface area (Å²) in [4.78, 5) is 10.5. The Morgan fingerprint density at radius 2 is 1.03 bits per heavy atom. The molecule has 2 aromatic heterocycles. The minimum atomic E-state index is -0.327. The summed E-state index contributed by atoms with van der Waals surface area (Å²) in [5, 5.41) is 12.6. The molecule has 6 aromatic carbocycles. The summed E-state index contributed by atoms with van der Waals surface area (Å²) in [5.41, 5.74) is 17.0. The van der Waals surface area contributed by atoms with Gasteiger partial charge in [0.15, 0.2) is 0 Å². The maximum Gasteiger partial charge on any atom is 0.149 e. The minimum Gasteiger partial charge on any atom is -0.507 e. The summed E-state index contributed by atoms with van der Waals surface area (Å²) >= 11 is 0. The summed E-state index contributed by atoms with van der Waals surface area (Å²) < 4.78 is 2.33. The Kier molecular flexibility index (Phi) is 10.9. The van der Waals surface area contributed by atoms with Crippen LogP contribution in [0.1, 0.15) is 111 Å². The van der Waals surface area contributed by atoms with Crippen molar-refractivity contribution in [1.29, 1.82) is 0 Å². The fourth-order valence-corrected chi connectivity index (χ4v) is 8.56. The monoisotopic (exact) mass is 829 g/mol. The maximum atomic E-state index is 12.6. The Balaban J connectivity index is 1.57. The highest BCUT2D eigenvalue weighted by Crippen LogP contribution is 2.47. The fourth-order valence-electron chi connectivity index (χ4n) is 8.56. The van der Waals surface area contributed by atoms with Gasteiger partial charge in [0.1, 0.15) is 11.6 Å². The summed E-state index contributed by atoms with van der Waals surface area (Å²) in [5.74, 6) is 0.968. The van der Waals surface area contributed by atoms with Crippen molar-refractivity contribution in [2.45, 2.75) is 112 Å². The molecule has 0 radical (unpaired) electrons. The molecular weight excluding hydrogens is 767 g/mol. The number of pyridine rings is 1. The number of hydrogen-bond donors (Lipinski definition) is 1. The Hall–Kier alpha value is -6.26. The molecule has 0 aliphatic carbocycles. The Morgan fingerprint density at radius 1 is 0.460 bits per heavy atom. The van der Waals surface area contributed by atoms with Crippen LogP contribution in [0.5, 0.6) is 5.75 Å². The van der Waals surface area contributed by atoms with Crippen molar-refractivity contribution in [2.24, 2.45) is 0 Å². The van der Waals surface area contributed by atoms with Gasteiger partial charge in [-0.2, -0.15) is 0 Å². The second-order valence-electron chi connectivity index (χ2n) is 21.6. The SMILES string of the molecule is Cc1ccnc(-c2cccc(-c3cc(-c4ccccc4-c4ccccc4)cc4c3nc(-c3cc(C(C)(C)C)cc(C(C)(C)C)c3O)n4-c3cc(C(C)(C)C)cc(C(C)(C)C)c3)c2)c1. The van der Waals surface area contributed by atoms with Crippen LogP contribution in [0, 0.1) is 6.92 Å². The van der Waals surface area contributed by atoms with Crippen LogP contribution in [0.3, 0.4) is 0 Å². The molecule has 8 aromatic rings. The minimum absolute atomic E-state index is 0.129. The molecule has 320 valence electrons. The fraction of sp³-hybridized carbons (Fsp3) is 0.288. The van der Waals surface area contributed by atoms with E-state index in [1.54, 1.807) is 0 Å². The van der Waals surface area contributed by atoms with Crippen LogP contribution in [0.4, 0.5) is 0 Å². The van der Waals surface area contributed by atoms with Gasteiger partial charge in [-0.05, 0) is 127 Å². The van der Waals surface area contributed by atoms with Crippen LogP contribution >= 0.6 is 0 Å². The molecule has 8 rings (SSSR count). The molecule has 0 saturated heterocycles. The highest BCUT2D eigenvalue weighted by Gasteiger charge is 2.30. The zero-order chi connectivity index (χ0) is 45.2. The molecule has 0 aliphatic rings. The van der Waals surface area contributed by atoms with Crippen LogP contribution in [-0.4, -0.2) is 19.6 Å². The first-order valence-electron chi connectivity index (χ1n) is 22.4. The Bertz CT molecular complexity index is 2960. The molecule has 2 heterocycles. The van der Waals surface area contributed by atoms with E-state index in [-0.39, 0.29) is 27.4 Å². The molecule has 0 bridgehead atoms. The standard InChI is InChI=1S/C59H63N3O/c1-37-26-27-60-51(28-37)40-23-19-22-39(29-40)48-30-41(47-25-18-17-24-46(47)38-20-15-14-16-21-38)31-52-53(48)61-55(49-35-44(58(8,9)10)36-50(54(49)63)59(11,12)13)62(52)45-33-42(56(2,3)4)32-43(34-45)57(5,6)7/h14-36,63H,1-13H3. The van der Waals surface area contributed by atoms with E-state index in [4.69, 9.17) is 9.97 Å². The predicted octanol–water partition coefficient (Wildman–Crippen LogP) is 16.0. The highest BCUT2D eigenvalue weighted by molar-refractivity contribution is 6.01. The number of aryl methyl sites for hydroxylation is 1. The maximum absolute atomic E-state index is 12.6. The Morgan fingerprint density at radius 3 is 1.63 bits per heavy atom. The average molecular weight is 830 g/mol. The molecule has 0 amide bonds. The van der Waals surface area contributed by atoms with Crippen molar-refractivity contribution < 1.29 is 5.11 Å². The number of aromatic nitrogens is 3. The third-order valence-corrected chi connectivity index (χ3v) is 12.4. The van der Waals surface area contributed by atoms with E-state index in [1.165, 1.54) is 11.1 Å². The lowest BCUT2D eigenvalue weighted by Crippen LogP contribution is -2.18. The van der Waals surface area contributed by atoms with E-state index >= 15 is 0 Å². The molecule has 0 unspecified atom stereocenters. The first-order valence-corrected chi connectivity index (χ1v) is 22.4. The molecule has 4 nitrogen and oxygen atoms in total. The van der Waals surface area contributed by atoms with Gasteiger partial charge in [-0.3, -0.25) is 9.55 Å². The number of fused-ring (bicyclic) bond motifs is 1. The third-order valence-electron chi connectivity index (χ3n) is 12.4. The molecule has 63 heavy (non-hydrogen) atoms. The Labute approximate surface area is 375 Å². The number of benzene rings is 6. The first-order chi connectivity index (χ1) is 29.6. The van der Waals surface area contributed by atoms with Crippen LogP contribution < -0.4 is 0 Å². The van der Waals surface area contributed by atoms with E-state index in [1.807, 2.05) is 12.3 Å². The molecule has 0 atom stereocenters. The summed E-state index contributed by atoms with van der Waals surface area (Å²) in [6.07, 6.45) is 1.88. The zero-order valence-corrected chi connectivity index (χ0v) is 39.6. The summed E-state index contributed by atoms with van der Waals surface area (Å²) in [7, 11) is 0. The lowest BCUT2D eigenvalue weighted by Gasteiger charge is -2.28. The number of phenolic OH excluding ortho intramolecular Hbond substituents is 1. The summed E-state index contributed by atoms with van der Waals surface area (Å²) in [6.45, 7) is 29.1. The van der Waals surface area contributed by atoms with Crippen molar-refractivity contribution in [3.8, 4) is 67.5 Å². The van der Waals surface area contributed by atoms with Crippen molar-refractivity contribution in [3.05, 3.63) is 167 Å². The van der Waals surface area contributed by atoms with E-state index in [0.29, 0.717) is 5.82 Å². The van der Waals surface area contributed by atoms with Crippen molar-refractivity contribution >= 4 is 11.0 Å². The predicted molar refractivity (Wildman–Crippen MR) is 267 cm³/mol. The third kappa shape index (κ3) is 8.61. The smallest absolute Gasteiger partial charge is 0.149 e. The van der Waals surface area contributed by atoms with Crippen LogP contribution in [0.25, 0.3) is 72.7 Å². The molecule has 0 aliphatic heterocycles. The van der Waals surface area contributed by atoms with Crippen molar-refractivity contribution in [2.75, 3.05) is 0 Å². The number of nitrogens with zero attached hydrogens (tertiary/aromatic N) is 3. The lowest BCUT2D eigenvalue weighted by atomic mass is 9.78. The quantitative estimate of drug-likeness (QED) is 0.182. The molecule has 1 N–H and O–H groups in total. The number of phenols is 1. The lowest BCUT2D eigenvalue weighted by molar-refractivity contribution is 0.446. The number of imidazole rings is 1. The van der Waals surface area contributed by atoms with Gasteiger partial charge >= 0.3 is 0 Å². The van der Waals surface area contributed by atoms with Gasteiger partial charge in [0.05, 0.1) is 22.3 Å². The second kappa shape index (κ2) is 15.8. The van der Waals surface area contributed by atoms with Gasteiger partial charge < -0.3 is 5.11 Å². The van der Waals surface area contributed by atoms with Gasteiger partial charge in [-0.1, -0.05) is 168 Å². The van der Waals surface area contributed by atoms with Gasteiger partial charge in [-0.15, -0.1) is 0 Å². The second-order valence-corrected chi connectivity index (χ2v) is 21.6. The van der Waals surface area contributed by atoms with Gasteiger partial charge in [0, 0.05) is 28.6 Å². The number of aromatic hydroxyl groups is 1. The molecule has 0 saturated carbocycles. The first kappa shape index (κ1) is 43.4. The topological polar surface area (TPSA) is 50.9 Å². The molecule has 0 spiro atoms. The normalized spacial score (nSPS) is 12.6. The van der Waals surface area contributed by atoms with Crippen LogP contribution in [-0.2, 0) is 21.7 Å². The van der Waals surface area contributed by atoms with Crippen LogP contribution in [0.2, 0.25) is 0 Å². The number of hydrogen-bond acceptors (Lipinski definition) is 3. The number of rotatable bonds is 6. The highest BCUT2D eigenvalue weighted by atomic mass is 16.3.